The fourth-order valence-electron chi connectivity index (χ4n) is 4.59. The largest absolute Gasteiger partial charge is 0.493 e. The van der Waals surface area contributed by atoms with Gasteiger partial charge in [-0.2, -0.15) is 26.3 Å². The second-order valence-electron chi connectivity index (χ2n) is 8.20. The number of hydrogen-bond donors (Lipinski definition) is 0. The molecule has 0 unspecified atom stereocenters. The van der Waals surface area contributed by atoms with E-state index in [2.05, 4.69) is 4.98 Å². The summed E-state index contributed by atoms with van der Waals surface area (Å²) in [7, 11) is 1.29. The summed E-state index contributed by atoms with van der Waals surface area (Å²) in [6, 6.07) is 5.56. The van der Waals surface area contributed by atoms with Gasteiger partial charge in [0.05, 0.1) is 18.2 Å². The van der Waals surface area contributed by atoms with Gasteiger partial charge < -0.3 is 14.4 Å². The molecule has 10 heteroatoms. The van der Waals surface area contributed by atoms with Crippen LogP contribution < -0.4 is 14.4 Å². The summed E-state index contributed by atoms with van der Waals surface area (Å²) < 4.78 is 88.8. The van der Waals surface area contributed by atoms with Crippen LogP contribution in [-0.4, -0.2) is 31.3 Å². The highest BCUT2D eigenvalue weighted by molar-refractivity contribution is 5.45. The fraction of sp³-hybridized carbons (Fsp3) is 0.500. The Balaban J connectivity index is 1.51. The zero-order chi connectivity index (χ0) is 23.1. The molecule has 1 aliphatic heterocycles. The number of rotatable bonds is 4. The SMILES string of the molecule is COc1cc(C(F)(F)F)ccc1O[C@@H]1[C@@H]2CCC[C@H]1CN(c1ccc(C(F)(F)F)cn1)C2. The molecule has 2 aromatic rings. The average molecular weight is 460 g/mol. The van der Waals surface area contributed by atoms with E-state index in [1.807, 2.05) is 4.90 Å². The minimum Gasteiger partial charge on any atom is -0.493 e. The lowest BCUT2D eigenvalue weighted by molar-refractivity contribution is -0.138. The molecule has 1 aromatic carbocycles. The quantitative estimate of drug-likeness (QED) is 0.540. The van der Waals surface area contributed by atoms with E-state index < -0.39 is 23.5 Å². The van der Waals surface area contributed by atoms with E-state index in [0.717, 1.165) is 43.7 Å². The molecule has 2 fully saturated rings. The van der Waals surface area contributed by atoms with Crippen LogP contribution in [0.25, 0.3) is 0 Å². The summed E-state index contributed by atoms with van der Waals surface area (Å²) in [6.07, 6.45) is -5.62. The monoisotopic (exact) mass is 460 g/mol. The molecule has 1 saturated carbocycles. The second kappa shape index (κ2) is 8.37. The zero-order valence-corrected chi connectivity index (χ0v) is 17.2. The van der Waals surface area contributed by atoms with Crippen LogP contribution in [0.4, 0.5) is 32.2 Å². The van der Waals surface area contributed by atoms with E-state index in [1.54, 1.807) is 0 Å². The molecule has 4 nitrogen and oxygen atoms in total. The summed E-state index contributed by atoms with van der Waals surface area (Å²) in [5.41, 5.74) is -1.61. The maximum Gasteiger partial charge on any atom is 0.417 e. The van der Waals surface area contributed by atoms with Crippen molar-refractivity contribution in [3.8, 4) is 11.5 Å². The second-order valence-corrected chi connectivity index (χ2v) is 8.20. The zero-order valence-electron chi connectivity index (χ0n) is 17.2. The van der Waals surface area contributed by atoms with Crippen LogP contribution in [0.5, 0.6) is 11.5 Å². The van der Waals surface area contributed by atoms with Gasteiger partial charge in [-0.05, 0) is 43.2 Å². The first-order valence-corrected chi connectivity index (χ1v) is 10.3. The number of nitrogens with zero attached hydrogens (tertiary/aromatic N) is 2. The standard InChI is InChI=1S/C22H22F6N2O2/c1-31-18-9-15(21(23,24)25)5-7-17(18)32-20-13-3-2-4-14(20)12-30(11-13)19-8-6-16(10-29-19)22(26,27)28/h5-10,13-14,20H,2-4,11-12H2,1H3/t13-,14+,20-. The maximum absolute atomic E-state index is 13.0. The molecule has 0 spiro atoms. The summed E-state index contributed by atoms with van der Waals surface area (Å²) in [6.45, 7) is 1.09. The van der Waals surface area contributed by atoms with Gasteiger partial charge in [0.25, 0.3) is 0 Å². The van der Waals surface area contributed by atoms with Crippen molar-refractivity contribution in [3.63, 3.8) is 0 Å². The molecule has 0 radical (unpaired) electrons. The van der Waals surface area contributed by atoms with Crippen molar-refractivity contribution in [1.82, 2.24) is 4.98 Å². The molecule has 1 aliphatic carbocycles. The van der Waals surface area contributed by atoms with E-state index in [9.17, 15) is 26.3 Å². The number of benzene rings is 1. The van der Waals surface area contributed by atoms with Crippen LogP contribution in [0, 0.1) is 11.8 Å². The number of ether oxygens (including phenoxy) is 2. The number of methoxy groups -OCH3 is 1. The number of fused-ring (bicyclic) bond motifs is 2. The third kappa shape index (κ3) is 4.59. The van der Waals surface area contributed by atoms with Gasteiger partial charge in [0, 0.05) is 31.1 Å². The third-order valence-corrected chi connectivity index (χ3v) is 6.14. The van der Waals surface area contributed by atoms with Gasteiger partial charge in [-0.3, -0.25) is 0 Å². The smallest absolute Gasteiger partial charge is 0.417 e. The highest BCUT2D eigenvalue weighted by Crippen LogP contribution is 2.42. The van der Waals surface area contributed by atoms with Crippen LogP contribution in [0.2, 0.25) is 0 Å². The lowest BCUT2D eigenvalue weighted by atomic mass is 9.75. The topological polar surface area (TPSA) is 34.6 Å². The van der Waals surface area contributed by atoms with Crippen molar-refractivity contribution in [1.29, 1.82) is 0 Å². The number of piperidine rings is 1. The first-order valence-electron chi connectivity index (χ1n) is 10.3. The highest BCUT2D eigenvalue weighted by atomic mass is 19.4. The molecule has 4 rings (SSSR count). The Bertz CT molecular complexity index is 931. The van der Waals surface area contributed by atoms with E-state index in [4.69, 9.17) is 9.47 Å². The summed E-state index contributed by atoms with van der Waals surface area (Å²) in [5.74, 6) is 0.880. The Morgan fingerprint density at radius 3 is 2.03 bits per heavy atom. The molecular weight excluding hydrogens is 438 g/mol. The highest BCUT2D eigenvalue weighted by Gasteiger charge is 2.42. The van der Waals surface area contributed by atoms with Crippen LogP contribution >= 0.6 is 0 Å². The number of hydrogen-bond acceptors (Lipinski definition) is 4. The van der Waals surface area contributed by atoms with Gasteiger partial charge in [0.2, 0.25) is 0 Å². The van der Waals surface area contributed by atoms with Crippen molar-refractivity contribution >= 4 is 5.82 Å². The number of halogens is 6. The first-order chi connectivity index (χ1) is 15.1. The Morgan fingerprint density at radius 2 is 1.50 bits per heavy atom. The third-order valence-electron chi connectivity index (χ3n) is 6.14. The summed E-state index contributed by atoms with van der Waals surface area (Å²) in [4.78, 5) is 5.96. The minimum atomic E-state index is -4.48. The Kier molecular flexibility index (Phi) is 5.89. The van der Waals surface area contributed by atoms with Crippen molar-refractivity contribution < 1.29 is 35.8 Å². The van der Waals surface area contributed by atoms with Crippen LogP contribution in [0.3, 0.4) is 0 Å². The molecule has 1 saturated heterocycles. The molecule has 2 bridgehead atoms. The van der Waals surface area contributed by atoms with Crippen LogP contribution in [0.15, 0.2) is 36.5 Å². The molecule has 174 valence electrons. The molecular formula is C22H22F6N2O2. The van der Waals surface area contributed by atoms with E-state index >= 15 is 0 Å². The van der Waals surface area contributed by atoms with Crippen LogP contribution in [-0.2, 0) is 12.4 Å². The number of alkyl halides is 6. The van der Waals surface area contributed by atoms with Crippen LogP contribution in [0.1, 0.15) is 30.4 Å². The Morgan fingerprint density at radius 1 is 0.875 bits per heavy atom. The lowest BCUT2D eigenvalue weighted by Crippen LogP contribution is -2.54. The van der Waals surface area contributed by atoms with E-state index in [-0.39, 0.29) is 29.4 Å². The Labute approximate surface area is 181 Å². The van der Waals surface area contributed by atoms with Gasteiger partial charge in [-0.15, -0.1) is 0 Å². The van der Waals surface area contributed by atoms with Gasteiger partial charge >= 0.3 is 12.4 Å². The van der Waals surface area contributed by atoms with Gasteiger partial charge in [-0.1, -0.05) is 6.42 Å². The van der Waals surface area contributed by atoms with Crippen molar-refractivity contribution in [3.05, 3.63) is 47.7 Å². The fourth-order valence-corrected chi connectivity index (χ4v) is 4.59. The molecule has 0 N–H and O–H groups in total. The number of aromatic nitrogens is 1. The number of anilines is 1. The van der Waals surface area contributed by atoms with E-state index in [1.165, 1.54) is 19.2 Å². The maximum atomic E-state index is 13.0. The summed E-state index contributed by atoms with van der Waals surface area (Å²) >= 11 is 0. The molecule has 0 amide bonds. The molecule has 1 aromatic heterocycles. The number of pyridine rings is 1. The lowest BCUT2D eigenvalue weighted by Gasteiger charge is -2.47. The minimum absolute atomic E-state index is 0.0183. The van der Waals surface area contributed by atoms with Gasteiger partial charge in [-0.25, -0.2) is 4.98 Å². The normalized spacial score (nSPS) is 23.7. The van der Waals surface area contributed by atoms with Gasteiger partial charge in [0.1, 0.15) is 11.9 Å². The van der Waals surface area contributed by atoms with Crippen molar-refractivity contribution in [2.45, 2.75) is 37.7 Å². The van der Waals surface area contributed by atoms with Crippen molar-refractivity contribution in [2.24, 2.45) is 11.8 Å². The molecule has 2 aliphatic rings. The predicted molar refractivity (Wildman–Crippen MR) is 105 cm³/mol. The van der Waals surface area contributed by atoms with Crippen molar-refractivity contribution in [2.75, 3.05) is 25.1 Å². The first kappa shape index (κ1) is 22.5. The molecule has 2 heterocycles. The Hall–Kier alpha value is -2.65. The van der Waals surface area contributed by atoms with Gasteiger partial charge in [0.15, 0.2) is 11.5 Å². The average Bonchev–Trinajstić information content (AvgIpc) is 2.72. The molecule has 3 atom stereocenters. The predicted octanol–water partition coefficient (Wildman–Crippen LogP) is 5.81. The summed E-state index contributed by atoms with van der Waals surface area (Å²) in [5, 5.41) is 0. The van der Waals surface area contributed by atoms with E-state index in [0.29, 0.717) is 18.9 Å². The molecule has 32 heavy (non-hydrogen) atoms.